The molecule has 0 aliphatic heterocycles. The normalized spacial score (nSPS) is 10.4. The Bertz CT molecular complexity index is 744. The van der Waals surface area contributed by atoms with E-state index < -0.39 is 5.82 Å². The third-order valence-electron chi connectivity index (χ3n) is 2.76. The maximum atomic E-state index is 14.3. The fourth-order valence-electron chi connectivity index (χ4n) is 1.88. The fourth-order valence-corrected chi connectivity index (χ4v) is 2.08. The Morgan fingerprint density at radius 1 is 1.32 bits per heavy atom. The molecule has 0 radical (unpaired) electrons. The van der Waals surface area contributed by atoms with Crippen molar-refractivity contribution < 1.29 is 13.9 Å². The van der Waals surface area contributed by atoms with Gasteiger partial charge in [-0.2, -0.15) is 5.26 Å². The number of aromatic nitrogens is 2. The average molecular weight is 322 g/mol. The highest BCUT2D eigenvalue weighted by Crippen LogP contribution is 2.35. The summed E-state index contributed by atoms with van der Waals surface area (Å²) in [6.45, 7) is 3.65. The van der Waals surface area contributed by atoms with E-state index in [1.54, 1.807) is 0 Å². The Labute approximate surface area is 132 Å². The Morgan fingerprint density at radius 3 is 2.64 bits per heavy atom. The first-order valence-electron chi connectivity index (χ1n) is 6.43. The zero-order valence-electron chi connectivity index (χ0n) is 12.2. The van der Waals surface area contributed by atoms with Crippen molar-refractivity contribution in [3.8, 4) is 29.0 Å². The molecule has 114 valence electrons. The number of hydrogen-bond acceptors (Lipinski definition) is 5. The molecule has 1 aromatic heterocycles. The Balaban J connectivity index is 2.65. The molecule has 0 atom stereocenters. The highest BCUT2D eigenvalue weighted by molar-refractivity contribution is 6.32. The molecule has 0 aliphatic rings. The summed E-state index contributed by atoms with van der Waals surface area (Å²) < 4.78 is 24.8. The summed E-state index contributed by atoms with van der Waals surface area (Å²) in [6.07, 6.45) is 1.07. The molecule has 0 bridgehead atoms. The van der Waals surface area contributed by atoms with E-state index in [0.29, 0.717) is 5.75 Å². The van der Waals surface area contributed by atoms with Crippen molar-refractivity contribution in [2.45, 2.75) is 20.0 Å². The van der Waals surface area contributed by atoms with Crippen molar-refractivity contribution in [3.05, 3.63) is 34.9 Å². The summed E-state index contributed by atoms with van der Waals surface area (Å²) >= 11 is 5.98. The molecule has 0 unspecified atom stereocenters. The van der Waals surface area contributed by atoms with E-state index in [1.807, 2.05) is 19.9 Å². The zero-order valence-corrected chi connectivity index (χ0v) is 13.0. The van der Waals surface area contributed by atoms with Crippen molar-refractivity contribution >= 4 is 11.6 Å². The highest BCUT2D eigenvalue weighted by Gasteiger charge is 2.19. The molecule has 1 heterocycles. The topological polar surface area (TPSA) is 68.0 Å². The van der Waals surface area contributed by atoms with Gasteiger partial charge in [-0.3, -0.25) is 0 Å². The molecule has 0 N–H and O–H groups in total. The van der Waals surface area contributed by atoms with Gasteiger partial charge < -0.3 is 9.47 Å². The lowest BCUT2D eigenvalue weighted by molar-refractivity contribution is 0.242. The summed E-state index contributed by atoms with van der Waals surface area (Å²) in [6, 6.07) is 4.47. The molecule has 2 rings (SSSR count). The first-order chi connectivity index (χ1) is 10.5. The van der Waals surface area contributed by atoms with E-state index in [0.717, 1.165) is 6.07 Å². The van der Waals surface area contributed by atoms with E-state index in [-0.39, 0.29) is 33.8 Å². The third kappa shape index (κ3) is 3.10. The van der Waals surface area contributed by atoms with Crippen LogP contribution in [-0.4, -0.2) is 23.2 Å². The lowest BCUT2D eigenvalue weighted by Crippen LogP contribution is -2.07. The largest absolute Gasteiger partial charge is 0.489 e. The Morgan fingerprint density at radius 2 is 2.05 bits per heavy atom. The molecule has 0 spiro atoms. The van der Waals surface area contributed by atoms with Gasteiger partial charge in [0.2, 0.25) is 5.88 Å². The van der Waals surface area contributed by atoms with Crippen LogP contribution in [0.1, 0.15) is 19.4 Å². The van der Waals surface area contributed by atoms with Gasteiger partial charge in [0.05, 0.1) is 23.9 Å². The van der Waals surface area contributed by atoms with Crippen LogP contribution in [0.25, 0.3) is 11.3 Å². The number of halogens is 2. The van der Waals surface area contributed by atoms with Crippen LogP contribution >= 0.6 is 11.6 Å². The van der Waals surface area contributed by atoms with Gasteiger partial charge in [-0.25, -0.2) is 14.4 Å². The van der Waals surface area contributed by atoms with Gasteiger partial charge in [-0.1, -0.05) is 11.6 Å². The second-order valence-corrected chi connectivity index (χ2v) is 5.05. The highest BCUT2D eigenvalue weighted by atomic mass is 35.5. The Hall–Kier alpha value is -2.39. The molecule has 7 heteroatoms. The molecule has 0 saturated heterocycles. The fraction of sp³-hybridized carbons (Fsp3) is 0.267. The monoisotopic (exact) mass is 321 g/mol. The second-order valence-electron chi connectivity index (χ2n) is 4.65. The average Bonchev–Trinajstić information content (AvgIpc) is 2.48. The van der Waals surface area contributed by atoms with Gasteiger partial charge >= 0.3 is 0 Å². The Kier molecular flexibility index (Phi) is 4.78. The summed E-state index contributed by atoms with van der Waals surface area (Å²) in [4.78, 5) is 7.82. The SMILES string of the molecule is COc1ncnc(-c2cc(OC(C)C)c(Cl)cc2F)c1C#N. The van der Waals surface area contributed by atoms with Crippen LogP contribution in [0.5, 0.6) is 11.6 Å². The molecular formula is C15H13ClFN3O2. The number of hydrogen-bond donors (Lipinski definition) is 0. The van der Waals surface area contributed by atoms with Crippen molar-refractivity contribution in [2.24, 2.45) is 0 Å². The van der Waals surface area contributed by atoms with Gasteiger partial charge in [-0.15, -0.1) is 0 Å². The summed E-state index contributed by atoms with van der Waals surface area (Å²) in [5.41, 5.74) is 0.260. The van der Waals surface area contributed by atoms with Crippen LogP contribution in [0.15, 0.2) is 18.5 Å². The van der Waals surface area contributed by atoms with E-state index in [4.69, 9.17) is 21.1 Å². The summed E-state index contributed by atoms with van der Waals surface area (Å²) in [5, 5.41) is 9.41. The number of ether oxygens (including phenoxy) is 2. The molecule has 22 heavy (non-hydrogen) atoms. The molecule has 0 amide bonds. The maximum absolute atomic E-state index is 14.3. The van der Waals surface area contributed by atoms with Gasteiger partial charge in [0.25, 0.3) is 0 Å². The van der Waals surface area contributed by atoms with Crippen molar-refractivity contribution in [1.29, 1.82) is 5.26 Å². The predicted octanol–water partition coefficient (Wildman–Crippen LogP) is 3.60. The molecular weight excluding hydrogens is 309 g/mol. The lowest BCUT2D eigenvalue weighted by Gasteiger charge is -2.14. The molecule has 0 fully saturated rings. The summed E-state index contributed by atoms with van der Waals surface area (Å²) in [7, 11) is 1.37. The minimum Gasteiger partial charge on any atom is -0.489 e. The van der Waals surface area contributed by atoms with E-state index >= 15 is 0 Å². The van der Waals surface area contributed by atoms with Gasteiger partial charge in [0.15, 0.2) is 0 Å². The van der Waals surface area contributed by atoms with Gasteiger partial charge in [0.1, 0.15) is 29.5 Å². The standard InChI is InChI=1S/C15H13ClFN3O2/c1-8(2)22-13-4-9(12(17)5-11(13)16)14-10(6-18)15(21-3)20-7-19-14/h4-5,7-8H,1-3H3. The van der Waals surface area contributed by atoms with Gasteiger partial charge in [-0.05, 0) is 26.0 Å². The predicted molar refractivity (Wildman–Crippen MR) is 79.5 cm³/mol. The zero-order chi connectivity index (χ0) is 16.3. The van der Waals surface area contributed by atoms with E-state index in [2.05, 4.69) is 9.97 Å². The number of rotatable bonds is 4. The quantitative estimate of drug-likeness (QED) is 0.860. The minimum absolute atomic E-state index is 0.0433. The van der Waals surface area contributed by atoms with Crippen LogP contribution in [0.4, 0.5) is 4.39 Å². The van der Waals surface area contributed by atoms with Crippen LogP contribution in [0.3, 0.4) is 0 Å². The van der Waals surface area contributed by atoms with Gasteiger partial charge in [0, 0.05) is 5.56 Å². The van der Waals surface area contributed by atoms with Crippen LogP contribution in [0, 0.1) is 17.1 Å². The number of nitrogens with zero attached hydrogens (tertiary/aromatic N) is 3. The van der Waals surface area contributed by atoms with E-state index in [9.17, 15) is 9.65 Å². The number of nitriles is 1. The molecule has 1 aromatic carbocycles. The second kappa shape index (κ2) is 6.58. The molecule has 0 saturated carbocycles. The lowest BCUT2D eigenvalue weighted by atomic mass is 10.1. The smallest absolute Gasteiger partial charge is 0.235 e. The number of benzene rings is 1. The van der Waals surface area contributed by atoms with Crippen LogP contribution in [-0.2, 0) is 0 Å². The van der Waals surface area contributed by atoms with Crippen molar-refractivity contribution in [1.82, 2.24) is 9.97 Å². The third-order valence-corrected chi connectivity index (χ3v) is 3.05. The first kappa shape index (κ1) is 16.0. The molecule has 5 nitrogen and oxygen atoms in total. The number of methoxy groups -OCH3 is 1. The summed E-state index contributed by atoms with van der Waals surface area (Å²) in [5.74, 6) is -0.221. The van der Waals surface area contributed by atoms with Crippen LogP contribution < -0.4 is 9.47 Å². The molecule has 2 aromatic rings. The maximum Gasteiger partial charge on any atom is 0.235 e. The van der Waals surface area contributed by atoms with Crippen molar-refractivity contribution in [3.63, 3.8) is 0 Å². The first-order valence-corrected chi connectivity index (χ1v) is 6.80. The van der Waals surface area contributed by atoms with Crippen molar-refractivity contribution in [2.75, 3.05) is 7.11 Å². The van der Waals surface area contributed by atoms with E-state index in [1.165, 1.54) is 19.5 Å². The van der Waals surface area contributed by atoms with Crippen LogP contribution in [0.2, 0.25) is 5.02 Å². The minimum atomic E-state index is -0.613. The molecule has 0 aliphatic carbocycles.